The van der Waals surface area contributed by atoms with Crippen molar-refractivity contribution in [1.29, 1.82) is 0 Å². The standard InChI is InChI=1S/C18H29N5O2/c24-18(17-12-19-6-9-25-17)20-11-14-10-16-13-22(7-8-23(16)21-14)15-4-2-1-3-5-15/h10,15,17,19H,1-9,11-13H2,(H,20,24). The number of ether oxygens (including phenoxy) is 1. The highest BCUT2D eigenvalue weighted by Gasteiger charge is 2.26. The number of hydrogen-bond acceptors (Lipinski definition) is 5. The Kier molecular flexibility index (Phi) is 5.33. The number of aromatic nitrogens is 2. The summed E-state index contributed by atoms with van der Waals surface area (Å²) >= 11 is 0. The Labute approximate surface area is 149 Å². The molecule has 0 bridgehead atoms. The molecule has 1 aromatic heterocycles. The number of carbonyl (C=O) groups is 1. The molecule has 2 N–H and O–H groups in total. The third kappa shape index (κ3) is 4.04. The van der Waals surface area contributed by atoms with Crippen molar-refractivity contribution in [1.82, 2.24) is 25.3 Å². The lowest BCUT2D eigenvalue weighted by Crippen LogP contribution is -2.47. The smallest absolute Gasteiger partial charge is 0.250 e. The molecule has 0 spiro atoms. The van der Waals surface area contributed by atoms with E-state index < -0.39 is 0 Å². The largest absolute Gasteiger partial charge is 0.366 e. The number of morpholine rings is 1. The summed E-state index contributed by atoms with van der Waals surface area (Å²) in [5.74, 6) is -0.0537. The summed E-state index contributed by atoms with van der Waals surface area (Å²) in [6.45, 7) is 5.50. The monoisotopic (exact) mass is 347 g/mol. The van der Waals surface area contributed by atoms with Crippen LogP contribution in [0, 0.1) is 0 Å². The summed E-state index contributed by atoms with van der Waals surface area (Å²) in [5, 5.41) is 10.8. The van der Waals surface area contributed by atoms with Crippen molar-refractivity contribution >= 4 is 5.91 Å². The molecule has 3 heterocycles. The number of fused-ring (bicyclic) bond motifs is 1. The third-order valence-corrected chi connectivity index (χ3v) is 5.63. The van der Waals surface area contributed by atoms with Crippen molar-refractivity contribution in [3.05, 3.63) is 17.5 Å². The van der Waals surface area contributed by atoms with Crippen LogP contribution in [-0.2, 0) is 29.2 Å². The zero-order valence-electron chi connectivity index (χ0n) is 14.9. The first kappa shape index (κ1) is 17.0. The van der Waals surface area contributed by atoms with Crippen molar-refractivity contribution in [3.63, 3.8) is 0 Å². The lowest BCUT2D eigenvalue weighted by atomic mass is 9.94. The van der Waals surface area contributed by atoms with Gasteiger partial charge >= 0.3 is 0 Å². The van der Waals surface area contributed by atoms with Crippen LogP contribution in [0.15, 0.2) is 6.07 Å². The fraction of sp³-hybridized carbons (Fsp3) is 0.778. The minimum absolute atomic E-state index is 0.0537. The molecule has 7 nitrogen and oxygen atoms in total. The molecule has 1 unspecified atom stereocenters. The van der Waals surface area contributed by atoms with Gasteiger partial charge in [-0.15, -0.1) is 0 Å². The van der Waals surface area contributed by atoms with E-state index in [1.54, 1.807) is 0 Å². The average molecular weight is 347 g/mol. The van der Waals surface area contributed by atoms with Gasteiger partial charge in [-0.2, -0.15) is 5.10 Å². The molecule has 1 amide bonds. The van der Waals surface area contributed by atoms with Crippen LogP contribution in [0.2, 0.25) is 0 Å². The van der Waals surface area contributed by atoms with Gasteiger partial charge in [0.1, 0.15) is 6.10 Å². The second-order valence-corrected chi connectivity index (χ2v) is 7.39. The van der Waals surface area contributed by atoms with Crippen LogP contribution in [0.1, 0.15) is 43.5 Å². The summed E-state index contributed by atoms with van der Waals surface area (Å²) in [6, 6.07) is 2.89. The molecule has 3 aliphatic rings. The predicted octanol–water partition coefficient (Wildman–Crippen LogP) is 0.636. The van der Waals surface area contributed by atoms with Gasteiger partial charge in [0.2, 0.25) is 0 Å². The fourth-order valence-electron chi connectivity index (χ4n) is 4.22. The van der Waals surface area contributed by atoms with Crippen LogP contribution in [0.3, 0.4) is 0 Å². The van der Waals surface area contributed by atoms with E-state index >= 15 is 0 Å². The molecule has 4 rings (SSSR count). The van der Waals surface area contributed by atoms with Crippen molar-refractivity contribution in [3.8, 4) is 0 Å². The summed E-state index contributed by atoms with van der Waals surface area (Å²) in [6.07, 6.45) is 6.43. The van der Waals surface area contributed by atoms with Crippen LogP contribution in [0.4, 0.5) is 0 Å². The van der Waals surface area contributed by atoms with E-state index in [-0.39, 0.29) is 12.0 Å². The Morgan fingerprint density at radius 3 is 3.00 bits per heavy atom. The normalized spacial score (nSPS) is 25.5. The van der Waals surface area contributed by atoms with Crippen LogP contribution in [-0.4, -0.2) is 59.0 Å². The highest BCUT2D eigenvalue weighted by Crippen LogP contribution is 2.26. The van der Waals surface area contributed by atoms with Crippen LogP contribution < -0.4 is 10.6 Å². The zero-order valence-corrected chi connectivity index (χ0v) is 14.9. The molecule has 1 saturated heterocycles. The molecule has 1 atom stereocenters. The van der Waals surface area contributed by atoms with E-state index in [9.17, 15) is 4.79 Å². The first-order valence-corrected chi connectivity index (χ1v) is 9.69. The number of hydrogen-bond donors (Lipinski definition) is 2. The fourth-order valence-corrected chi connectivity index (χ4v) is 4.22. The van der Waals surface area contributed by atoms with E-state index in [4.69, 9.17) is 4.74 Å². The highest BCUT2D eigenvalue weighted by molar-refractivity contribution is 5.81. The second kappa shape index (κ2) is 7.85. The molecular formula is C18H29N5O2. The molecule has 2 aliphatic heterocycles. The van der Waals surface area contributed by atoms with Gasteiger partial charge in [-0.25, -0.2) is 0 Å². The van der Waals surface area contributed by atoms with Gasteiger partial charge in [-0.1, -0.05) is 19.3 Å². The first-order chi connectivity index (χ1) is 12.3. The van der Waals surface area contributed by atoms with Gasteiger partial charge in [0.15, 0.2) is 0 Å². The highest BCUT2D eigenvalue weighted by atomic mass is 16.5. The molecule has 7 heteroatoms. The first-order valence-electron chi connectivity index (χ1n) is 9.69. The molecule has 1 saturated carbocycles. The third-order valence-electron chi connectivity index (χ3n) is 5.63. The Morgan fingerprint density at radius 1 is 1.32 bits per heavy atom. The number of nitrogens with one attached hydrogen (secondary N) is 2. The number of rotatable bonds is 4. The molecule has 25 heavy (non-hydrogen) atoms. The van der Waals surface area contributed by atoms with Gasteiger partial charge in [0.05, 0.1) is 31.1 Å². The van der Waals surface area contributed by atoms with E-state index in [0.717, 1.165) is 37.9 Å². The summed E-state index contributed by atoms with van der Waals surface area (Å²) in [7, 11) is 0. The summed E-state index contributed by atoms with van der Waals surface area (Å²) < 4.78 is 7.59. The minimum Gasteiger partial charge on any atom is -0.366 e. The van der Waals surface area contributed by atoms with Crippen molar-refractivity contribution in [2.24, 2.45) is 0 Å². The van der Waals surface area contributed by atoms with Crippen LogP contribution in [0.5, 0.6) is 0 Å². The summed E-state index contributed by atoms with van der Waals surface area (Å²) in [4.78, 5) is 14.8. The number of amides is 1. The molecule has 0 aromatic carbocycles. The Bertz CT molecular complexity index is 590. The molecule has 1 aromatic rings. The van der Waals surface area contributed by atoms with Crippen molar-refractivity contribution in [2.45, 2.75) is 63.9 Å². The van der Waals surface area contributed by atoms with Crippen molar-refractivity contribution < 1.29 is 9.53 Å². The van der Waals surface area contributed by atoms with E-state index in [0.29, 0.717) is 19.7 Å². The van der Waals surface area contributed by atoms with E-state index in [1.165, 1.54) is 37.8 Å². The number of nitrogens with zero attached hydrogens (tertiary/aromatic N) is 3. The van der Waals surface area contributed by atoms with E-state index in [2.05, 4.69) is 31.4 Å². The Balaban J connectivity index is 1.31. The predicted molar refractivity (Wildman–Crippen MR) is 94.0 cm³/mol. The Hall–Kier alpha value is -1.44. The van der Waals surface area contributed by atoms with Crippen LogP contribution >= 0.6 is 0 Å². The van der Waals surface area contributed by atoms with Gasteiger partial charge in [-0.3, -0.25) is 14.4 Å². The van der Waals surface area contributed by atoms with Gasteiger partial charge in [-0.05, 0) is 18.9 Å². The topological polar surface area (TPSA) is 71.4 Å². The molecule has 2 fully saturated rings. The molecular weight excluding hydrogens is 318 g/mol. The lowest BCUT2D eigenvalue weighted by molar-refractivity contribution is -0.134. The Morgan fingerprint density at radius 2 is 2.20 bits per heavy atom. The maximum Gasteiger partial charge on any atom is 0.250 e. The summed E-state index contributed by atoms with van der Waals surface area (Å²) in [5.41, 5.74) is 2.22. The second-order valence-electron chi connectivity index (χ2n) is 7.39. The van der Waals surface area contributed by atoms with Gasteiger partial charge < -0.3 is 15.4 Å². The quantitative estimate of drug-likeness (QED) is 0.836. The SMILES string of the molecule is O=C(NCc1cc2n(n1)CCN(C1CCCCC1)C2)C1CNCCO1. The van der Waals surface area contributed by atoms with Gasteiger partial charge in [0, 0.05) is 32.2 Å². The maximum absolute atomic E-state index is 12.2. The number of carbonyl (C=O) groups excluding carboxylic acids is 1. The molecule has 0 radical (unpaired) electrons. The minimum atomic E-state index is -0.382. The maximum atomic E-state index is 12.2. The molecule has 138 valence electrons. The van der Waals surface area contributed by atoms with Crippen LogP contribution in [0.25, 0.3) is 0 Å². The lowest BCUT2D eigenvalue weighted by Gasteiger charge is -2.36. The van der Waals surface area contributed by atoms with Crippen molar-refractivity contribution in [2.75, 3.05) is 26.2 Å². The molecule has 1 aliphatic carbocycles. The average Bonchev–Trinajstić information content (AvgIpc) is 3.09. The van der Waals surface area contributed by atoms with E-state index in [1.807, 2.05) is 0 Å². The zero-order chi connectivity index (χ0) is 17.1. The van der Waals surface area contributed by atoms with Gasteiger partial charge in [0.25, 0.3) is 5.91 Å².